The number of aromatic nitrogens is 1. The molecule has 6 heteroatoms. The smallest absolute Gasteiger partial charge is 0.340 e. The minimum absolute atomic E-state index is 0.0988. The van der Waals surface area contributed by atoms with Gasteiger partial charge in [0.25, 0.3) is 0 Å². The maximum atomic E-state index is 11.7. The highest BCUT2D eigenvalue weighted by Gasteiger charge is 2.13. The number of nitrogens with zero attached hydrogens (tertiary/aromatic N) is 1. The van der Waals surface area contributed by atoms with Gasteiger partial charge in [-0.05, 0) is 37.3 Å². The molecule has 0 radical (unpaired) electrons. The second kappa shape index (κ2) is 6.45. The number of hydrogen-bond donors (Lipinski definition) is 2. The SMILES string of the molecule is COC(=O)c1cc(Cl)ccc1NCc1nc(C)ccc1O. The molecule has 0 atom stereocenters. The van der Waals surface area contributed by atoms with Crippen molar-refractivity contribution in [1.29, 1.82) is 0 Å². The first kappa shape index (κ1) is 15.1. The first-order valence-corrected chi connectivity index (χ1v) is 6.66. The van der Waals surface area contributed by atoms with Crippen LogP contribution in [0.3, 0.4) is 0 Å². The Morgan fingerprint density at radius 2 is 2.14 bits per heavy atom. The molecule has 0 saturated carbocycles. The second-order valence-corrected chi connectivity index (χ2v) is 4.89. The molecule has 2 aromatic rings. The van der Waals surface area contributed by atoms with E-state index in [1.807, 2.05) is 6.92 Å². The Morgan fingerprint density at radius 1 is 1.38 bits per heavy atom. The summed E-state index contributed by atoms with van der Waals surface area (Å²) in [7, 11) is 1.31. The van der Waals surface area contributed by atoms with Crippen LogP contribution >= 0.6 is 11.6 Å². The fourth-order valence-electron chi connectivity index (χ4n) is 1.86. The van der Waals surface area contributed by atoms with Crippen LogP contribution in [0.25, 0.3) is 0 Å². The minimum Gasteiger partial charge on any atom is -0.506 e. The van der Waals surface area contributed by atoms with Gasteiger partial charge in [0.1, 0.15) is 11.4 Å². The number of rotatable bonds is 4. The highest BCUT2D eigenvalue weighted by Crippen LogP contribution is 2.23. The van der Waals surface area contributed by atoms with Crippen LogP contribution in [-0.4, -0.2) is 23.2 Å². The Hall–Kier alpha value is -2.27. The molecule has 0 bridgehead atoms. The Morgan fingerprint density at radius 3 is 2.86 bits per heavy atom. The third-order valence-corrected chi connectivity index (χ3v) is 3.16. The molecule has 21 heavy (non-hydrogen) atoms. The molecule has 0 aliphatic rings. The normalized spacial score (nSPS) is 10.2. The molecular weight excluding hydrogens is 292 g/mol. The van der Waals surface area contributed by atoms with Crippen molar-refractivity contribution in [1.82, 2.24) is 4.98 Å². The minimum atomic E-state index is -0.485. The number of carbonyl (C=O) groups excluding carboxylic acids is 1. The molecule has 1 heterocycles. The summed E-state index contributed by atoms with van der Waals surface area (Å²) in [4.78, 5) is 16.0. The molecule has 110 valence electrons. The predicted molar refractivity (Wildman–Crippen MR) is 80.8 cm³/mol. The number of nitrogens with one attached hydrogen (secondary N) is 1. The summed E-state index contributed by atoms with van der Waals surface area (Å²) in [5, 5.41) is 13.3. The van der Waals surface area contributed by atoms with Crippen molar-refractivity contribution in [2.75, 3.05) is 12.4 Å². The van der Waals surface area contributed by atoms with E-state index in [0.29, 0.717) is 22.0 Å². The van der Waals surface area contributed by atoms with Crippen molar-refractivity contribution >= 4 is 23.3 Å². The van der Waals surface area contributed by atoms with E-state index >= 15 is 0 Å². The number of carbonyl (C=O) groups is 1. The van der Waals surface area contributed by atoms with Crippen molar-refractivity contribution < 1.29 is 14.6 Å². The van der Waals surface area contributed by atoms with Gasteiger partial charge in [-0.3, -0.25) is 4.98 Å². The summed E-state index contributed by atoms with van der Waals surface area (Å²) < 4.78 is 4.72. The van der Waals surface area contributed by atoms with Gasteiger partial charge in [0.15, 0.2) is 0 Å². The number of anilines is 1. The summed E-state index contributed by atoms with van der Waals surface area (Å²) >= 11 is 5.89. The molecule has 0 saturated heterocycles. The van der Waals surface area contributed by atoms with Crippen LogP contribution in [0.2, 0.25) is 5.02 Å². The lowest BCUT2D eigenvalue weighted by atomic mass is 10.1. The summed E-state index contributed by atoms with van der Waals surface area (Å²) in [6.07, 6.45) is 0. The Balaban J connectivity index is 2.24. The molecule has 1 aromatic heterocycles. The number of ether oxygens (including phenoxy) is 1. The summed E-state index contributed by atoms with van der Waals surface area (Å²) in [5.41, 5.74) is 2.20. The lowest BCUT2D eigenvalue weighted by molar-refractivity contribution is 0.0602. The molecule has 0 unspecified atom stereocenters. The first-order valence-electron chi connectivity index (χ1n) is 6.28. The van der Waals surface area contributed by atoms with Crippen molar-refractivity contribution in [3.8, 4) is 5.75 Å². The first-order chi connectivity index (χ1) is 10.0. The highest BCUT2D eigenvalue weighted by atomic mass is 35.5. The van der Waals surface area contributed by atoms with Crippen molar-refractivity contribution in [3.05, 3.63) is 52.3 Å². The highest BCUT2D eigenvalue weighted by molar-refractivity contribution is 6.31. The van der Waals surface area contributed by atoms with E-state index in [4.69, 9.17) is 16.3 Å². The number of methoxy groups -OCH3 is 1. The van der Waals surface area contributed by atoms with Crippen LogP contribution in [0.4, 0.5) is 5.69 Å². The van der Waals surface area contributed by atoms with Gasteiger partial charge >= 0.3 is 5.97 Å². The molecule has 0 fully saturated rings. The summed E-state index contributed by atoms with van der Waals surface area (Å²) in [6.45, 7) is 2.12. The van der Waals surface area contributed by atoms with E-state index in [1.165, 1.54) is 13.2 Å². The second-order valence-electron chi connectivity index (χ2n) is 4.45. The molecule has 0 amide bonds. The van der Waals surface area contributed by atoms with Crippen LogP contribution in [0, 0.1) is 6.92 Å². The Labute approximate surface area is 127 Å². The quantitative estimate of drug-likeness (QED) is 0.849. The fourth-order valence-corrected chi connectivity index (χ4v) is 2.03. The van der Waals surface area contributed by atoms with Gasteiger partial charge in [-0.15, -0.1) is 0 Å². The zero-order valence-corrected chi connectivity index (χ0v) is 12.4. The zero-order chi connectivity index (χ0) is 15.4. The average Bonchev–Trinajstić information content (AvgIpc) is 2.48. The largest absolute Gasteiger partial charge is 0.506 e. The van der Waals surface area contributed by atoms with Crippen LogP contribution in [0.1, 0.15) is 21.7 Å². The van der Waals surface area contributed by atoms with E-state index < -0.39 is 5.97 Å². The zero-order valence-electron chi connectivity index (χ0n) is 11.7. The van der Waals surface area contributed by atoms with E-state index in [1.54, 1.807) is 24.3 Å². The third kappa shape index (κ3) is 3.64. The number of aryl methyl sites for hydroxylation is 1. The summed E-state index contributed by atoms with van der Waals surface area (Å²) in [5.74, 6) is -0.386. The van der Waals surface area contributed by atoms with Gasteiger partial charge in [0.2, 0.25) is 0 Å². The molecule has 0 aliphatic carbocycles. The maximum absolute atomic E-state index is 11.7. The standard InChI is InChI=1S/C15H15ClN2O3/c1-9-3-6-14(19)13(18-9)8-17-12-5-4-10(16)7-11(12)15(20)21-2/h3-7,17,19H,8H2,1-2H3. The van der Waals surface area contributed by atoms with Crippen LogP contribution in [-0.2, 0) is 11.3 Å². The van der Waals surface area contributed by atoms with E-state index in [-0.39, 0.29) is 12.3 Å². The van der Waals surface area contributed by atoms with Crippen LogP contribution in [0.5, 0.6) is 5.75 Å². The van der Waals surface area contributed by atoms with Gasteiger partial charge in [-0.1, -0.05) is 11.6 Å². The average molecular weight is 307 g/mol. The molecule has 0 aliphatic heterocycles. The van der Waals surface area contributed by atoms with E-state index in [2.05, 4.69) is 10.3 Å². The monoisotopic (exact) mass is 306 g/mol. The van der Waals surface area contributed by atoms with Crippen molar-refractivity contribution in [2.45, 2.75) is 13.5 Å². The topological polar surface area (TPSA) is 71.5 Å². The molecule has 0 spiro atoms. The van der Waals surface area contributed by atoms with Gasteiger partial charge in [-0.25, -0.2) is 4.79 Å². The molecule has 5 nitrogen and oxygen atoms in total. The maximum Gasteiger partial charge on any atom is 0.340 e. The number of pyridine rings is 1. The van der Waals surface area contributed by atoms with Gasteiger partial charge in [0, 0.05) is 16.4 Å². The van der Waals surface area contributed by atoms with Crippen LogP contribution in [0.15, 0.2) is 30.3 Å². The summed E-state index contributed by atoms with van der Waals surface area (Å²) in [6, 6.07) is 8.18. The predicted octanol–water partition coefficient (Wildman–Crippen LogP) is 3.15. The lowest BCUT2D eigenvalue weighted by Gasteiger charge is -2.12. The van der Waals surface area contributed by atoms with Crippen molar-refractivity contribution in [3.63, 3.8) is 0 Å². The fraction of sp³-hybridized carbons (Fsp3) is 0.200. The number of esters is 1. The van der Waals surface area contributed by atoms with Gasteiger partial charge in [0.05, 0.1) is 19.2 Å². The van der Waals surface area contributed by atoms with Crippen LogP contribution < -0.4 is 5.32 Å². The molecular formula is C15H15ClN2O3. The third-order valence-electron chi connectivity index (χ3n) is 2.92. The molecule has 2 rings (SSSR count). The Bertz CT molecular complexity index is 674. The number of hydrogen-bond acceptors (Lipinski definition) is 5. The molecule has 2 N–H and O–H groups in total. The molecule has 1 aromatic carbocycles. The number of benzene rings is 1. The van der Waals surface area contributed by atoms with E-state index in [9.17, 15) is 9.90 Å². The van der Waals surface area contributed by atoms with Crippen molar-refractivity contribution in [2.24, 2.45) is 0 Å². The van der Waals surface area contributed by atoms with Gasteiger partial charge in [-0.2, -0.15) is 0 Å². The Kier molecular flexibility index (Phi) is 4.65. The van der Waals surface area contributed by atoms with E-state index in [0.717, 1.165) is 5.69 Å². The number of aromatic hydroxyl groups is 1. The number of halogens is 1. The van der Waals surface area contributed by atoms with Gasteiger partial charge < -0.3 is 15.2 Å². The lowest BCUT2D eigenvalue weighted by Crippen LogP contribution is -2.09.